The molecule has 2 atom stereocenters. The van der Waals surface area contributed by atoms with Crippen molar-refractivity contribution in [1.29, 1.82) is 0 Å². The third-order valence-corrected chi connectivity index (χ3v) is 9.71. The molecule has 3 aliphatic rings. The molecule has 0 amide bonds. The lowest BCUT2D eigenvalue weighted by Gasteiger charge is -2.40. The second kappa shape index (κ2) is 9.89. The van der Waals surface area contributed by atoms with E-state index < -0.39 is 9.84 Å². The molecule has 0 spiro atoms. The van der Waals surface area contributed by atoms with Crippen molar-refractivity contribution in [3.8, 4) is 16.9 Å². The summed E-state index contributed by atoms with van der Waals surface area (Å²) in [7, 11) is -2.85. The van der Waals surface area contributed by atoms with Gasteiger partial charge in [-0.3, -0.25) is 0 Å². The highest BCUT2D eigenvalue weighted by molar-refractivity contribution is 7.91. The van der Waals surface area contributed by atoms with E-state index in [0.717, 1.165) is 60.1 Å². The number of ether oxygens (including phenoxy) is 2. The summed E-state index contributed by atoms with van der Waals surface area (Å²) in [6.07, 6.45) is 8.33. The van der Waals surface area contributed by atoms with Crippen molar-refractivity contribution >= 4 is 26.7 Å². The minimum atomic E-state index is -2.85. The van der Waals surface area contributed by atoms with Crippen LogP contribution in [-0.4, -0.2) is 77.8 Å². The fraction of sp³-hybridized carbons (Fsp3) is 0.556. The van der Waals surface area contributed by atoms with E-state index in [-0.39, 0.29) is 17.6 Å². The van der Waals surface area contributed by atoms with Gasteiger partial charge in [0.2, 0.25) is 0 Å². The van der Waals surface area contributed by atoms with Crippen LogP contribution in [0.1, 0.15) is 38.6 Å². The third kappa shape index (κ3) is 5.19. The average Bonchev–Trinajstić information content (AvgIpc) is 3.45. The first kappa shape index (κ1) is 24.6. The number of nitrogen functional groups attached to an aromatic ring is 1. The standard InChI is InChI=1S/C27H35N5O4S/c1-18-5-6-23(36-18)16-35-22-4-2-3-20(13-22)24-15-32(27-25(24)26(28)29-17-30-27)21-11-19(12-21)14-31-7-9-37(33,34)10-8-31/h2-4,13,15,17-19,21,23H,5-12,14,16H2,1H3,(H2,28,29,30)/t18-,19?,21?,23-/m1/s1. The summed E-state index contributed by atoms with van der Waals surface area (Å²) in [5, 5.41) is 0.872. The zero-order chi connectivity index (χ0) is 25.6. The molecule has 2 aromatic heterocycles. The fourth-order valence-electron chi connectivity index (χ4n) is 5.93. The Kier molecular flexibility index (Phi) is 6.58. The normalized spacial score (nSPS) is 27.8. The summed E-state index contributed by atoms with van der Waals surface area (Å²) in [4.78, 5) is 11.2. The molecule has 1 aromatic carbocycles. The van der Waals surface area contributed by atoms with Gasteiger partial charge in [0.05, 0.1) is 29.1 Å². The highest BCUT2D eigenvalue weighted by atomic mass is 32.2. The SMILES string of the molecule is C[C@@H]1CC[C@H](COc2cccc(-c3cn(C4CC(CN5CCS(=O)(=O)CC5)C4)c4ncnc(N)c34)c2)O1. The van der Waals surface area contributed by atoms with Crippen LogP contribution in [0.5, 0.6) is 5.75 Å². The molecule has 37 heavy (non-hydrogen) atoms. The Bertz CT molecular complexity index is 1370. The largest absolute Gasteiger partial charge is 0.491 e. The highest BCUT2D eigenvalue weighted by Gasteiger charge is 2.34. The number of hydrogen-bond donors (Lipinski definition) is 1. The van der Waals surface area contributed by atoms with Gasteiger partial charge in [0, 0.05) is 37.4 Å². The van der Waals surface area contributed by atoms with E-state index in [1.54, 1.807) is 0 Å². The quantitative estimate of drug-likeness (QED) is 0.500. The van der Waals surface area contributed by atoms with Gasteiger partial charge in [0.15, 0.2) is 9.84 Å². The molecule has 6 rings (SSSR count). The van der Waals surface area contributed by atoms with Crippen LogP contribution in [0, 0.1) is 5.92 Å². The van der Waals surface area contributed by atoms with Gasteiger partial charge in [-0.1, -0.05) is 12.1 Å². The maximum absolute atomic E-state index is 11.7. The first-order valence-electron chi connectivity index (χ1n) is 13.3. The molecule has 2 aliphatic heterocycles. The van der Waals surface area contributed by atoms with Gasteiger partial charge in [0.1, 0.15) is 30.1 Å². The summed E-state index contributed by atoms with van der Waals surface area (Å²) < 4.78 is 37.7. The molecular formula is C27H35N5O4S. The zero-order valence-electron chi connectivity index (χ0n) is 21.3. The molecule has 9 nitrogen and oxygen atoms in total. The van der Waals surface area contributed by atoms with Crippen molar-refractivity contribution in [2.45, 2.75) is 50.9 Å². The van der Waals surface area contributed by atoms with E-state index in [2.05, 4.69) is 44.7 Å². The molecular weight excluding hydrogens is 490 g/mol. The summed E-state index contributed by atoms with van der Waals surface area (Å²) in [5.74, 6) is 2.40. The molecule has 3 aromatic rings. The number of hydrogen-bond acceptors (Lipinski definition) is 8. The van der Waals surface area contributed by atoms with Crippen LogP contribution in [0.15, 0.2) is 36.8 Å². The molecule has 3 fully saturated rings. The second-order valence-electron chi connectivity index (χ2n) is 10.8. The molecule has 1 aliphatic carbocycles. The van der Waals surface area contributed by atoms with Gasteiger partial charge in [-0.25, -0.2) is 18.4 Å². The Morgan fingerprint density at radius 2 is 1.97 bits per heavy atom. The van der Waals surface area contributed by atoms with Crippen LogP contribution >= 0.6 is 0 Å². The number of anilines is 1. The van der Waals surface area contributed by atoms with Crippen LogP contribution in [0.3, 0.4) is 0 Å². The lowest BCUT2D eigenvalue weighted by atomic mass is 9.79. The molecule has 2 saturated heterocycles. The van der Waals surface area contributed by atoms with Gasteiger partial charge in [-0.2, -0.15) is 0 Å². The van der Waals surface area contributed by atoms with E-state index in [1.807, 2.05) is 12.1 Å². The number of fused-ring (bicyclic) bond motifs is 1. The smallest absolute Gasteiger partial charge is 0.152 e. The zero-order valence-corrected chi connectivity index (χ0v) is 22.1. The number of benzene rings is 1. The number of aromatic nitrogens is 3. The minimum Gasteiger partial charge on any atom is -0.491 e. The summed E-state index contributed by atoms with van der Waals surface area (Å²) >= 11 is 0. The molecule has 2 N–H and O–H groups in total. The fourth-order valence-corrected chi connectivity index (χ4v) is 7.21. The molecule has 4 heterocycles. The second-order valence-corrected chi connectivity index (χ2v) is 13.1. The van der Waals surface area contributed by atoms with Gasteiger partial charge in [-0.05, 0) is 56.2 Å². The third-order valence-electron chi connectivity index (χ3n) is 8.10. The molecule has 198 valence electrons. The highest BCUT2D eigenvalue weighted by Crippen LogP contribution is 2.43. The van der Waals surface area contributed by atoms with Crippen molar-refractivity contribution in [3.63, 3.8) is 0 Å². The summed E-state index contributed by atoms with van der Waals surface area (Å²) in [6.45, 7) is 4.90. The molecule has 0 radical (unpaired) electrons. The van der Waals surface area contributed by atoms with Crippen molar-refractivity contribution in [1.82, 2.24) is 19.4 Å². The predicted octanol–water partition coefficient (Wildman–Crippen LogP) is 3.31. The van der Waals surface area contributed by atoms with Crippen LogP contribution < -0.4 is 10.5 Å². The Labute approximate surface area is 217 Å². The van der Waals surface area contributed by atoms with Crippen LogP contribution in [-0.2, 0) is 14.6 Å². The van der Waals surface area contributed by atoms with E-state index >= 15 is 0 Å². The molecule has 0 unspecified atom stereocenters. The van der Waals surface area contributed by atoms with E-state index in [1.165, 1.54) is 6.33 Å². The van der Waals surface area contributed by atoms with Gasteiger partial charge in [0.25, 0.3) is 0 Å². The van der Waals surface area contributed by atoms with Crippen molar-refractivity contribution in [3.05, 3.63) is 36.8 Å². The van der Waals surface area contributed by atoms with Gasteiger partial charge in [-0.15, -0.1) is 0 Å². The van der Waals surface area contributed by atoms with E-state index in [4.69, 9.17) is 15.2 Å². The predicted molar refractivity (Wildman–Crippen MR) is 143 cm³/mol. The number of rotatable bonds is 7. The van der Waals surface area contributed by atoms with E-state index in [0.29, 0.717) is 43.6 Å². The number of sulfone groups is 1. The van der Waals surface area contributed by atoms with Crippen LogP contribution in [0.4, 0.5) is 5.82 Å². The van der Waals surface area contributed by atoms with Crippen molar-refractivity contribution in [2.24, 2.45) is 5.92 Å². The van der Waals surface area contributed by atoms with Crippen molar-refractivity contribution in [2.75, 3.05) is 43.5 Å². The monoisotopic (exact) mass is 525 g/mol. The maximum atomic E-state index is 11.7. The molecule has 10 heteroatoms. The Morgan fingerprint density at radius 3 is 2.73 bits per heavy atom. The number of nitrogens with two attached hydrogens (primary N) is 1. The van der Waals surface area contributed by atoms with E-state index in [9.17, 15) is 8.42 Å². The number of nitrogens with zero attached hydrogens (tertiary/aromatic N) is 4. The first-order valence-corrected chi connectivity index (χ1v) is 15.1. The average molecular weight is 526 g/mol. The summed E-state index contributed by atoms with van der Waals surface area (Å²) in [5.41, 5.74) is 9.25. The van der Waals surface area contributed by atoms with Crippen LogP contribution in [0.25, 0.3) is 22.2 Å². The van der Waals surface area contributed by atoms with Gasteiger partial charge >= 0.3 is 0 Å². The topological polar surface area (TPSA) is 113 Å². The minimum absolute atomic E-state index is 0.144. The molecule has 0 bridgehead atoms. The first-order chi connectivity index (χ1) is 17.8. The lowest BCUT2D eigenvalue weighted by Crippen LogP contribution is -2.44. The van der Waals surface area contributed by atoms with Gasteiger partial charge < -0.3 is 24.7 Å². The Hall–Kier alpha value is -2.69. The Balaban J connectivity index is 1.18. The summed E-state index contributed by atoms with van der Waals surface area (Å²) in [6, 6.07) is 8.44. The lowest BCUT2D eigenvalue weighted by molar-refractivity contribution is 0.0265. The Morgan fingerprint density at radius 1 is 1.16 bits per heavy atom. The maximum Gasteiger partial charge on any atom is 0.152 e. The van der Waals surface area contributed by atoms with Crippen LogP contribution in [0.2, 0.25) is 0 Å². The molecule has 1 saturated carbocycles. The van der Waals surface area contributed by atoms with Crippen molar-refractivity contribution < 1.29 is 17.9 Å².